The molecule has 6 heteroatoms. The third-order valence-electron chi connectivity index (χ3n) is 1.98. The third kappa shape index (κ3) is 4.44. The van der Waals surface area contributed by atoms with Gasteiger partial charge in [0.15, 0.2) is 6.04 Å². The van der Waals surface area contributed by atoms with Crippen molar-refractivity contribution in [2.45, 2.75) is 38.5 Å². The van der Waals surface area contributed by atoms with Gasteiger partial charge >= 0.3 is 12.1 Å². The minimum absolute atomic E-state index is 0.352. The average molecular weight is 243 g/mol. The summed E-state index contributed by atoms with van der Waals surface area (Å²) in [6.07, 6.45) is 1.89. The van der Waals surface area contributed by atoms with Crippen LogP contribution >= 0.6 is 0 Å². The highest BCUT2D eigenvalue weighted by Gasteiger charge is 2.31. The number of ether oxygens (including phenoxy) is 2. The van der Waals surface area contributed by atoms with Crippen molar-refractivity contribution in [1.82, 2.24) is 5.32 Å². The van der Waals surface area contributed by atoms with Crippen molar-refractivity contribution in [1.29, 1.82) is 0 Å². The van der Waals surface area contributed by atoms with E-state index in [2.05, 4.69) is 5.32 Å². The summed E-state index contributed by atoms with van der Waals surface area (Å²) in [7, 11) is 0. The molecule has 0 aliphatic carbocycles. The van der Waals surface area contributed by atoms with Gasteiger partial charge in [0.1, 0.15) is 11.7 Å². The molecule has 17 heavy (non-hydrogen) atoms. The van der Waals surface area contributed by atoms with E-state index < -0.39 is 29.8 Å². The monoisotopic (exact) mass is 243 g/mol. The lowest BCUT2D eigenvalue weighted by atomic mass is 10.1. The first-order valence-electron chi connectivity index (χ1n) is 5.30. The number of alkyl carbamates (subject to hydrolysis) is 1. The van der Waals surface area contributed by atoms with Gasteiger partial charge in [-0.15, -0.1) is 0 Å². The molecular weight excluding hydrogens is 226 g/mol. The smallest absolute Gasteiger partial charge is 0.408 e. The van der Waals surface area contributed by atoms with Crippen molar-refractivity contribution < 1.29 is 24.2 Å². The van der Waals surface area contributed by atoms with Gasteiger partial charge in [-0.2, -0.15) is 0 Å². The van der Waals surface area contributed by atoms with Crippen LogP contribution in [-0.4, -0.2) is 41.5 Å². The van der Waals surface area contributed by atoms with E-state index in [0.717, 1.165) is 0 Å². The van der Waals surface area contributed by atoms with Crippen LogP contribution < -0.4 is 5.32 Å². The van der Waals surface area contributed by atoms with Crippen molar-refractivity contribution in [3.05, 3.63) is 12.2 Å². The van der Waals surface area contributed by atoms with Crippen LogP contribution in [0.3, 0.4) is 0 Å². The van der Waals surface area contributed by atoms with E-state index in [4.69, 9.17) is 14.6 Å². The number of rotatable bonds is 3. The topological polar surface area (TPSA) is 84.9 Å². The summed E-state index contributed by atoms with van der Waals surface area (Å²) in [6, 6.07) is -1.14. The first-order chi connectivity index (χ1) is 7.79. The van der Waals surface area contributed by atoms with Gasteiger partial charge < -0.3 is 19.9 Å². The Balaban J connectivity index is 2.58. The summed E-state index contributed by atoms with van der Waals surface area (Å²) in [5.41, 5.74) is -0.667. The van der Waals surface area contributed by atoms with E-state index in [1.807, 2.05) is 0 Å². The number of carbonyl (C=O) groups excluding carboxylic acids is 1. The van der Waals surface area contributed by atoms with E-state index in [1.165, 1.54) is 0 Å². The number of carboxylic acid groups (broad SMARTS) is 1. The average Bonchev–Trinajstić information content (AvgIpc) is 2.63. The number of aliphatic carboxylic acids is 1. The molecule has 0 aromatic heterocycles. The Morgan fingerprint density at radius 2 is 2.18 bits per heavy atom. The fraction of sp³-hybridized carbons (Fsp3) is 0.636. The molecule has 0 aromatic carbocycles. The summed E-state index contributed by atoms with van der Waals surface area (Å²) in [6.45, 7) is 5.46. The maximum absolute atomic E-state index is 11.5. The zero-order chi connectivity index (χ0) is 13.1. The number of hydrogen-bond donors (Lipinski definition) is 2. The first kappa shape index (κ1) is 13.5. The second-order valence-corrected chi connectivity index (χ2v) is 4.69. The summed E-state index contributed by atoms with van der Waals surface area (Å²) in [4.78, 5) is 22.5. The van der Waals surface area contributed by atoms with Crippen LogP contribution in [0.2, 0.25) is 0 Å². The number of carboxylic acids is 1. The predicted octanol–water partition coefficient (Wildman–Crippen LogP) is 0.919. The standard InChI is InChI=1S/C11H17NO5/c1-11(2,3)17-10(15)12-8(9(13)14)7-5-4-6-16-7/h4-5,7-8H,6H2,1-3H3,(H,12,15)(H,13,14)/t7-,8-/m1/s1. The Morgan fingerprint density at radius 1 is 1.53 bits per heavy atom. The molecular formula is C11H17NO5. The molecule has 0 spiro atoms. The molecule has 1 rings (SSSR count). The molecule has 1 aliphatic heterocycles. The largest absolute Gasteiger partial charge is 0.480 e. The van der Waals surface area contributed by atoms with E-state index in [-0.39, 0.29) is 0 Å². The molecule has 2 atom stereocenters. The molecule has 1 amide bonds. The van der Waals surface area contributed by atoms with Crippen molar-refractivity contribution in [2.24, 2.45) is 0 Å². The highest BCUT2D eigenvalue weighted by molar-refractivity contribution is 5.81. The lowest BCUT2D eigenvalue weighted by molar-refractivity contribution is -0.142. The Kier molecular flexibility index (Phi) is 4.11. The Morgan fingerprint density at radius 3 is 2.59 bits per heavy atom. The predicted molar refractivity (Wildman–Crippen MR) is 59.7 cm³/mol. The molecule has 1 heterocycles. The van der Waals surface area contributed by atoms with Gasteiger partial charge in [0, 0.05) is 0 Å². The lowest BCUT2D eigenvalue weighted by Crippen LogP contribution is -2.49. The molecule has 0 radical (unpaired) electrons. The fourth-order valence-corrected chi connectivity index (χ4v) is 1.34. The molecule has 0 saturated heterocycles. The van der Waals surface area contributed by atoms with Crippen LogP contribution in [0.1, 0.15) is 20.8 Å². The SMILES string of the molecule is CC(C)(C)OC(=O)N[C@@H](C(=O)O)[C@H]1C=CCO1. The van der Waals surface area contributed by atoms with Gasteiger partial charge in [-0.3, -0.25) is 0 Å². The second kappa shape index (κ2) is 5.18. The lowest BCUT2D eigenvalue weighted by Gasteiger charge is -2.23. The Bertz CT molecular complexity index is 331. The molecule has 6 nitrogen and oxygen atoms in total. The molecule has 96 valence electrons. The van der Waals surface area contributed by atoms with Crippen molar-refractivity contribution >= 4 is 12.1 Å². The summed E-state index contributed by atoms with van der Waals surface area (Å²) < 4.78 is 10.1. The van der Waals surface area contributed by atoms with Crippen LogP contribution in [0.4, 0.5) is 4.79 Å². The van der Waals surface area contributed by atoms with Crippen molar-refractivity contribution in [3.63, 3.8) is 0 Å². The minimum Gasteiger partial charge on any atom is -0.480 e. The van der Waals surface area contributed by atoms with Crippen LogP contribution in [0.25, 0.3) is 0 Å². The van der Waals surface area contributed by atoms with Gasteiger partial charge in [0.25, 0.3) is 0 Å². The van der Waals surface area contributed by atoms with Gasteiger partial charge in [-0.25, -0.2) is 9.59 Å². The minimum atomic E-state index is -1.16. The Hall–Kier alpha value is -1.56. The number of carbonyl (C=O) groups is 2. The van der Waals surface area contributed by atoms with Gasteiger partial charge in [-0.05, 0) is 20.8 Å². The van der Waals surface area contributed by atoms with E-state index in [0.29, 0.717) is 6.61 Å². The summed E-state index contributed by atoms with van der Waals surface area (Å²) in [5.74, 6) is -1.16. The molecule has 0 fully saturated rings. The molecule has 0 saturated carbocycles. The van der Waals surface area contributed by atoms with Crippen LogP contribution in [0.5, 0.6) is 0 Å². The summed E-state index contributed by atoms with van der Waals surface area (Å²) in [5, 5.41) is 11.3. The van der Waals surface area contributed by atoms with Crippen LogP contribution in [-0.2, 0) is 14.3 Å². The highest BCUT2D eigenvalue weighted by Crippen LogP contribution is 2.11. The highest BCUT2D eigenvalue weighted by atomic mass is 16.6. The zero-order valence-corrected chi connectivity index (χ0v) is 10.1. The molecule has 0 unspecified atom stereocenters. The molecule has 0 aromatic rings. The van der Waals surface area contributed by atoms with E-state index in [9.17, 15) is 9.59 Å². The molecule has 2 N–H and O–H groups in total. The van der Waals surface area contributed by atoms with Gasteiger partial charge in [0.05, 0.1) is 6.61 Å². The zero-order valence-electron chi connectivity index (χ0n) is 10.1. The Labute approximate surface area is 99.6 Å². The first-order valence-corrected chi connectivity index (χ1v) is 5.30. The van der Waals surface area contributed by atoms with Crippen LogP contribution in [0, 0.1) is 0 Å². The number of amides is 1. The maximum atomic E-state index is 11.5. The molecule has 0 bridgehead atoms. The quantitative estimate of drug-likeness (QED) is 0.720. The second-order valence-electron chi connectivity index (χ2n) is 4.69. The summed E-state index contributed by atoms with van der Waals surface area (Å²) >= 11 is 0. The van der Waals surface area contributed by atoms with E-state index in [1.54, 1.807) is 32.9 Å². The van der Waals surface area contributed by atoms with Gasteiger partial charge in [0.2, 0.25) is 0 Å². The fourth-order valence-electron chi connectivity index (χ4n) is 1.34. The third-order valence-corrected chi connectivity index (χ3v) is 1.98. The molecule has 1 aliphatic rings. The number of hydrogen-bond acceptors (Lipinski definition) is 4. The van der Waals surface area contributed by atoms with Gasteiger partial charge in [-0.1, -0.05) is 12.2 Å². The van der Waals surface area contributed by atoms with E-state index >= 15 is 0 Å². The normalized spacial score (nSPS) is 21.0. The maximum Gasteiger partial charge on any atom is 0.408 e. The van der Waals surface area contributed by atoms with Crippen molar-refractivity contribution in [3.8, 4) is 0 Å². The van der Waals surface area contributed by atoms with Crippen molar-refractivity contribution in [2.75, 3.05) is 6.61 Å². The van der Waals surface area contributed by atoms with Crippen LogP contribution in [0.15, 0.2) is 12.2 Å². The number of nitrogens with one attached hydrogen (secondary N) is 1.